The Labute approximate surface area is 124 Å². The van der Waals surface area contributed by atoms with Crippen molar-refractivity contribution in [2.24, 2.45) is 5.73 Å². The number of benzene rings is 2. The second kappa shape index (κ2) is 6.69. The van der Waals surface area contributed by atoms with Gasteiger partial charge in [0.15, 0.2) is 0 Å². The summed E-state index contributed by atoms with van der Waals surface area (Å²) in [6.45, 7) is 2.48. The maximum Gasteiger partial charge on any atom is 0.255 e. The van der Waals surface area contributed by atoms with Crippen LogP contribution in [0.4, 0.5) is 5.69 Å². The molecule has 0 spiro atoms. The molecule has 0 aliphatic heterocycles. The molecule has 3 N–H and O–H groups in total. The molecule has 0 saturated heterocycles. The summed E-state index contributed by atoms with van der Waals surface area (Å²) in [5.41, 5.74) is 9.29. The van der Waals surface area contributed by atoms with Gasteiger partial charge in [0, 0.05) is 11.3 Å². The van der Waals surface area contributed by atoms with Gasteiger partial charge in [0.1, 0.15) is 0 Å². The summed E-state index contributed by atoms with van der Waals surface area (Å²) in [7, 11) is 0. The van der Waals surface area contributed by atoms with Crippen LogP contribution in [0, 0.1) is 18.3 Å². The van der Waals surface area contributed by atoms with Crippen molar-refractivity contribution in [2.45, 2.75) is 13.3 Å². The first-order chi connectivity index (χ1) is 10.1. The molecule has 0 aliphatic rings. The van der Waals surface area contributed by atoms with Crippen molar-refractivity contribution in [1.29, 1.82) is 5.26 Å². The average molecular weight is 279 g/mol. The first kappa shape index (κ1) is 14.8. The summed E-state index contributed by atoms with van der Waals surface area (Å²) in [6, 6.07) is 14.7. The summed E-state index contributed by atoms with van der Waals surface area (Å²) in [6.07, 6.45) is 0.797. The fourth-order valence-electron chi connectivity index (χ4n) is 2.01. The number of amides is 1. The molecular formula is C17H17N3O. The van der Waals surface area contributed by atoms with E-state index in [1.54, 1.807) is 24.3 Å². The molecule has 4 nitrogen and oxygen atoms in total. The molecule has 106 valence electrons. The average Bonchev–Trinajstić information content (AvgIpc) is 2.50. The molecule has 0 heterocycles. The minimum absolute atomic E-state index is 0.188. The van der Waals surface area contributed by atoms with Gasteiger partial charge in [0.05, 0.1) is 11.6 Å². The molecule has 2 rings (SSSR count). The van der Waals surface area contributed by atoms with E-state index in [1.807, 2.05) is 25.1 Å². The lowest BCUT2D eigenvalue weighted by atomic mass is 10.1. The maximum atomic E-state index is 12.2. The Morgan fingerprint density at radius 3 is 2.57 bits per heavy atom. The molecule has 0 fully saturated rings. The lowest BCUT2D eigenvalue weighted by Crippen LogP contribution is -2.13. The third kappa shape index (κ3) is 3.68. The zero-order valence-electron chi connectivity index (χ0n) is 11.9. The van der Waals surface area contributed by atoms with Crippen LogP contribution in [0.1, 0.15) is 27.0 Å². The van der Waals surface area contributed by atoms with Gasteiger partial charge < -0.3 is 11.1 Å². The van der Waals surface area contributed by atoms with Crippen LogP contribution in [0.25, 0.3) is 0 Å². The van der Waals surface area contributed by atoms with Gasteiger partial charge in [-0.1, -0.05) is 18.2 Å². The number of rotatable bonds is 4. The van der Waals surface area contributed by atoms with E-state index in [0.717, 1.165) is 17.5 Å². The molecule has 4 heteroatoms. The first-order valence-corrected chi connectivity index (χ1v) is 6.75. The first-order valence-electron chi connectivity index (χ1n) is 6.75. The van der Waals surface area contributed by atoms with E-state index in [9.17, 15) is 4.79 Å². The van der Waals surface area contributed by atoms with E-state index >= 15 is 0 Å². The van der Waals surface area contributed by atoms with Crippen LogP contribution >= 0.6 is 0 Å². The van der Waals surface area contributed by atoms with Crippen LogP contribution < -0.4 is 11.1 Å². The molecule has 2 aromatic carbocycles. The van der Waals surface area contributed by atoms with Gasteiger partial charge in [0.25, 0.3) is 5.91 Å². The van der Waals surface area contributed by atoms with E-state index in [-0.39, 0.29) is 5.91 Å². The second-order valence-corrected chi connectivity index (χ2v) is 4.83. The molecule has 0 unspecified atom stereocenters. The highest BCUT2D eigenvalue weighted by molar-refractivity contribution is 6.04. The topological polar surface area (TPSA) is 78.9 Å². The number of aryl methyl sites for hydroxylation is 1. The van der Waals surface area contributed by atoms with E-state index in [2.05, 4.69) is 11.4 Å². The van der Waals surface area contributed by atoms with Crippen LogP contribution in [0.2, 0.25) is 0 Å². The lowest BCUT2D eigenvalue weighted by Gasteiger charge is -2.09. The van der Waals surface area contributed by atoms with Crippen LogP contribution in [-0.2, 0) is 6.42 Å². The molecule has 0 saturated carbocycles. The Balaban J connectivity index is 2.16. The summed E-state index contributed by atoms with van der Waals surface area (Å²) in [4.78, 5) is 12.2. The standard InChI is InChI=1S/C17H17N3O/c1-12-2-3-14(11-19)10-16(12)20-17(21)15-6-4-13(5-7-15)8-9-18/h2-7,10H,8-9,18H2,1H3,(H,20,21). The number of anilines is 1. The van der Waals surface area contributed by atoms with E-state index in [4.69, 9.17) is 11.0 Å². The van der Waals surface area contributed by atoms with Crippen molar-refractivity contribution in [3.05, 3.63) is 64.7 Å². The molecule has 0 aliphatic carbocycles. The normalized spacial score (nSPS) is 9.95. The summed E-state index contributed by atoms with van der Waals surface area (Å²) < 4.78 is 0. The van der Waals surface area contributed by atoms with Crippen molar-refractivity contribution in [3.8, 4) is 6.07 Å². The van der Waals surface area contributed by atoms with Gasteiger partial charge in [-0.25, -0.2) is 0 Å². The molecule has 0 radical (unpaired) electrons. The number of nitriles is 1. The van der Waals surface area contributed by atoms with Gasteiger partial charge in [-0.15, -0.1) is 0 Å². The summed E-state index contributed by atoms with van der Waals surface area (Å²) in [5, 5.41) is 11.8. The van der Waals surface area contributed by atoms with E-state index in [1.165, 1.54) is 0 Å². The smallest absolute Gasteiger partial charge is 0.255 e. The number of carbonyl (C=O) groups is 1. The number of hydrogen-bond acceptors (Lipinski definition) is 3. The van der Waals surface area contributed by atoms with E-state index < -0.39 is 0 Å². The van der Waals surface area contributed by atoms with E-state index in [0.29, 0.717) is 23.4 Å². The zero-order valence-corrected chi connectivity index (χ0v) is 11.9. The number of nitrogens with zero attached hydrogens (tertiary/aromatic N) is 1. The molecule has 2 aromatic rings. The van der Waals surface area contributed by atoms with Crippen molar-refractivity contribution in [2.75, 3.05) is 11.9 Å². The molecular weight excluding hydrogens is 262 g/mol. The summed E-state index contributed by atoms with van der Waals surface area (Å²) in [5.74, 6) is -0.188. The minimum atomic E-state index is -0.188. The molecule has 0 atom stereocenters. The second-order valence-electron chi connectivity index (χ2n) is 4.83. The summed E-state index contributed by atoms with van der Waals surface area (Å²) >= 11 is 0. The number of nitrogens with one attached hydrogen (secondary N) is 1. The van der Waals surface area contributed by atoms with Crippen LogP contribution in [-0.4, -0.2) is 12.5 Å². The van der Waals surface area contributed by atoms with Crippen molar-refractivity contribution in [1.82, 2.24) is 0 Å². The van der Waals surface area contributed by atoms with Gasteiger partial charge in [-0.2, -0.15) is 5.26 Å². The van der Waals surface area contributed by atoms with Crippen LogP contribution in [0.3, 0.4) is 0 Å². The number of nitrogens with two attached hydrogens (primary N) is 1. The van der Waals surface area contributed by atoms with Gasteiger partial charge in [-0.05, 0) is 55.3 Å². The Hall–Kier alpha value is -2.64. The van der Waals surface area contributed by atoms with Crippen LogP contribution in [0.15, 0.2) is 42.5 Å². The van der Waals surface area contributed by atoms with Crippen molar-refractivity contribution < 1.29 is 4.79 Å². The quantitative estimate of drug-likeness (QED) is 0.903. The molecule has 0 aromatic heterocycles. The Kier molecular flexibility index (Phi) is 4.70. The predicted octanol–water partition coefficient (Wildman–Crippen LogP) is 2.62. The highest BCUT2D eigenvalue weighted by Gasteiger charge is 2.08. The van der Waals surface area contributed by atoms with Crippen molar-refractivity contribution in [3.63, 3.8) is 0 Å². The van der Waals surface area contributed by atoms with Crippen molar-refractivity contribution >= 4 is 11.6 Å². The zero-order chi connectivity index (χ0) is 15.2. The SMILES string of the molecule is Cc1ccc(C#N)cc1NC(=O)c1ccc(CCN)cc1. The van der Waals surface area contributed by atoms with Crippen LogP contribution in [0.5, 0.6) is 0 Å². The minimum Gasteiger partial charge on any atom is -0.330 e. The maximum absolute atomic E-state index is 12.2. The number of hydrogen-bond donors (Lipinski definition) is 2. The Morgan fingerprint density at radius 2 is 1.95 bits per heavy atom. The monoisotopic (exact) mass is 279 g/mol. The third-order valence-electron chi connectivity index (χ3n) is 3.26. The van der Waals surface area contributed by atoms with Gasteiger partial charge in [-0.3, -0.25) is 4.79 Å². The third-order valence-corrected chi connectivity index (χ3v) is 3.26. The van der Waals surface area contributed by atoms with Gasteiger partial charge >= 0.3 is 0 Å². The predicted molar refractivity (Wildman–Crippen MR) is 83.0 cm³/mol. The molecule has 0 bridgehead atoms. The lowest BCUT2D eigenvalue weighted by molar-refractivity contribution is 0.102. The highest BCUT2D eigenvalue weighted by atomic mass is 16.1. The Morgan fingerprint density at radius 1 is 1.24 bits per heavy atom. The molecule has 21 heavy (non-hydrogen) atoms. The highest BCUT2D eigenvalue weighted by Crippen LogP contribution is 2.17. The Bertz CT molecular complexity index is 684. The fourth-order valence-corrected chi connectivity index (χ4v) is 2.01. The number of carbonyl (C=O) groups excluding carboxylic acids is 1. The van der Waals surface area contributed by atoms with Gasteiger partial charge in [0.2, 0.25) is 0 Å². The molecule has 1 amide bonds. The largest absolute Gasteiger partial charge is 0.330 e. The fraction of sp³-hybridized carbons (Fsp3) is 0.176.